The first kappa shape index (κ1) is 22.3. The van der Waals surface area contributed by atoms with Crippen LogP contribution < -0.4 is 5.32 Å². The van der Waals surface area contributed by atoms with Gasteiger partial charge in [-0.3, -0.25) is 24.2 Å². The van der Waals surface area contributed by atoms with Crippen molar-refractivity contribution in [2.45, 2.75) is 25.9 Å². The third kappa shape index (κ3) is 4.48. The Kier molecular flexibility index (Phi) is 6.45. The minimum Gasteiger partial charge on any atom is -0.379 e. The molecule has 0 unspecified atom stereocenters. The molecule has 2 fully saturated rings. The number of nitrogens with one attached hydrogen (secondary N) is 2. The highest BCUT2D eigenvalue weighted by Gasteiger charge is 2.30. The number of benzene rings is 1. The van der Waals surface area contributed by atoms with E-state index in [1.165, 1.54) is 4.90 Å². The predicted molar refractivity (Wildman–Crippen MR) is 122 cm³/mol. The lowest BCUT2D eigenvalue weighted by Gasteiger charge is -2.25. The molecule has 1 aromatic carbocycles. The number of H-pyrrole nitrogens is 1. The van der Waals surface area contributed by atoms with Gasteiger partial charge < -0.3 is 15.0 Å². The number of likely N-dealkylation sites (tertiary alicyclic amines) is 1. The van der Waals surface area contributed by atoms with E-state index in [9.17, 15) is 14.4 Å². The zero-order valence-corrected chi connectivity index (χ0v) is 18.4. The van der Waals surface area contributed by atoms with E-state index < -0.39 is 0 Å². The number of amides is 3. The van der Waals surface area contributed by atoms with Crippen LogP contribution >= 0.6 is 12.4 Å². The van der Waals surface area contributed by atoms with Gasteiger partial charge in [0.15, 0.2) is 0 Å². The maximum absolute atomic E-state index is 12.6. The third-order valence-corrected chi connectivity index (χ3v) is 5.94. The Morgan fingerprint density at radius 1 is 0.969 bits per heavy atom. The van der Waals surface area contributed by atoms with E-state index in [0.717, 1.165) is 60.9 Å². The minimum atomic E-state index is -0.162. The maximum Gasteiger partial charge on any atom is 0.256 e. The van der Waals surface area contributed by atoms with E-state index >= 15 is 0 Å². The molecule has 3 amide bonds. The van der Waals surface area contributed by atoms with E-state index in [2.05, 4.69) is 21.3 Å². The van der Waals surface area contributed by atoms with E-state index in [1.54, 1.807) is 0 Å². The van der Waals surface area contributed by atoms with Gasteiger partial charge >= 0.3 is 0 Å². The van der Waals surface area contributed by atoms with Crippen LogP contribution in [0.1, 0.15) is 35.2 Å². The van der Waals surface area contributed by atoms with Crippen molar-refractivity contribution in [3.8, 4) is 0 Å². The highest BCUT2D eigenvalue weighted by molar-refractivity contribution is 6.34. The molecule has 0 saturated carbocycles. The Balaban J connectivity index is 0.00000245. The van der Waals surface area contributed by atoms with Gasteiger partial charge in [0.2, 0.25) is 11.8 Å². The van der Waals surface area contributed by atoms with Crippen LogP contribution in [0.4, 0.5) is 5.69 Å². The number of imide groups is 1. The Bertz CT molecular complexity index is 1070. The molecule has 2 aromatic rings. The molecule has 1 aromatic heterocycles. The Labute approximate surface area is 192 Å². The van der Waals surface area contributed by atoms with Crippen molar-refractivity contribution >= 4 is 47.5 Å². The quantitative estimate of drug-likeness (QED) is 0.532. The second kappa shape index (κ2) is 9.28. The highest BCUT2D eigenvalue weighted by atomic mass is 35.5. The number of carbonyl (C=O) groups is 3. The van der Waals surface area contributed by atoms with Crippen LogP contribution in [0.15, 0.2) is 30.5 Å². The first-order valence-corrected chi connectivity index (χ1v) is 10.5. The standard InChI is InChI=1S/C23H24N4O4.ClH/c28-21-3-4-22(29)27(21)14-15-1-2-20-18(10-15)19(23(30)25-20)11-17-9-16(12-24-17)13-26-5-7-31-8-6-26;/h1-2,9-12,24H,3-8,13-14H2,(H,25,30);1H. The Morgan fingerprint density at radius 3 is 2.47 bits per heavy atom. The second-order valence-electron chi connectivity index (χ2n) is 8.12. The summed E-state index contributed by atoms with van der Waals surface area (Å²) in [6, 6.07) is 7.61. The largest absolute Gasteiger partial charge is 0.379 e. The molecule has 9 heteroatoms. The SMILES string of the molecule is Cl.O=C1Nc2ccc(CN3C(=O)CCC3=O)cc2C1=Cc1cc(CN2CCOCC2)c[nH]1. The molecule has 0 bridgehead atoms. The van der Waals surface area contributed by atoms with E-state index in [1.807, 2.05) is 30.5 Å². The van der Waals surface area contributed by atoms with Gasteiger partial charge in [0, 0.05) is 55.6 Å². The summed E-state index contributed by atoms with van der Waals surface area (Å²) in [5.41, 5.74) is 4.92. The van der Waals surface area contributed by atoms with Crippen molar-refractivity contribution in [1.82, 2.24) is 14.8 Å². The number of morpholine rings is 1. The lowest BCUT2D eigenvalue weighted by Crippen LogP contribution is -2.35. The molecule has 5 rings (SSSR count). The average molecular weight is 457 g/mol. The highest BCUT2D eigenvalue weighted by Crippen LogP contribution is 2.34. The van der Waals surface area contributed by atoms with Crippen LogP contribution in [-0.4, -0.2) is 58.8 Å². The predicted octanol–water partition coefficient (Wildman–Crippen LogP) is 2.41. The Morgan fingerprint density at radius 2 is 1.72 bits per heavy atom. The number of rotatable bonds is 5. The summed E-state index contributed by atoms with van der Waals surface area (Å²) >= 11 is 0. The van der Waals surface area contributed by atoms with Crippen LogP contribution in [0, 0.1) is 0 Å². The van der Waals surface area contributed by atoms with Crippen molar-refractivity contribution in [3.63, 3.8) is 0 Å². The summed E-state index contributed by atoms with van der Waals surface area (Å²) in [5.74, 6) is -0.450. The first-order valence-electron chi connectivity index (χ1n) is 10.5. The monoisotopic (exact) mass is 456 g/mol. The van der Waals surface area contributed by atoms with Crippen LogP contribution in [0.25, 0.3) is 11.6 Å². The molecular weight excluding hydrogens is 432 g/mol. The van der Waals surface area contributed by atoms with Gasteiger partial charge in [0.1, 0.15) is 0 Å². The van der Waals surface area contributed by atoms with Gasteiger partial charge in [-0.25, -0.2) is 0 Å². The van der Waals surface area contributed by atoms with Crippen molar-refractivity contribution in [3.05, 3.63) is 52.8 Å². The van der Waals surface area contributed by atoms with Crippen molar-refractivity contribution in [1.29, 1.82) is 0 Å². The molecule has 3 aliphatic heterocycles. The number of nitrogens with zero attached hydrogens (tertiary/aromatic N) is 2. The first-order chi connectivity index (χ1) is 15.1. The molecular formula is C23H25ClN4O4. The fourth-order valence-electron chi connectivity index (χ4n) is 4.27. The molecule has 168 valence electrons. The lowest BCUT2D eigenvalue weighted by atomic mass is 10.0. The van der Waals surface area contributed by atoms with E-state index in [4.69, 9.17) is 4.74 Å². The second-order valence-corrected chi connectivity index (χ2v) is 8.12. The summed E-state index contributed by atoms with van der Waals surface area (Å²) < 4.78 is 5.40. The van der Waals surface area contributed by atoms with Crippen molar-refractivity contribution < 1.29 is 19.1 Å². The molecule has 8 nitrogen and oxygen atoms in total. The normalized spacial score (nSPS) is 19.9. The van der Waals surface area contributed by atoms with Crippen LogP contribution in [0.5, 0.6) is 0 Å². The molecule has 2 N–H and O–H groups in total. The molecule has 32 heavy (non-hydrogen) atoms. The van der Waals surface area contributed by atoms with E-state index in [0.29, 0.717) is 5.57 Å². The topological polar surface area (TPSA) is 94.7 Å². The third-order valence-electron chi connectivity index (χ3n) is 5.94. The number of ether oxygens (including phenoxy) is 1. The molecule has 4 heterocycles. The van der Waals surface area contributed by atoms with Crippen LogP contribution in [0.3, 0.4) is 0 Å². The minimum absolute atomic E-state index is 0. The van der Waals surface area contributed by atoms with Crippen LogP contribution in [-0.2, 0) is 32.2 Å². The molecule has 0 spiro atoms. The number of halogens is 1. The molecule has 2 saturated heterocycles. The van der Waals surface area contributed by atoms with Crippen LogP contribution in [0.2, 0.25) is 0 Å². The number of hydrogen-bond donors (Lipinski definition) is 2. The number of carbonyl (C=O) groups excluding carboxylic acids is 3. The lowest BCUT2D eigenvalue weighted by molar-refractivity contribution is -0.139. The van der Waals surface area contributed by atoms with E-state index in [-0.39, 0.29) is 49.5 Å². The van der Waals surface area contributed by atoms with Crippen molar-refractivity contribution in [2.75, 3.05) is 31.6 Å². The average Bonchev–Trinajstić information content (AvgIpc) is 3.43. The summed E-state index contributed by atoms with van der Waals surface area (Å²) in [6.45, 7) is 4.43. The summed E-state index contributed by atoms with van der Waals surface area (Å²) in [4.78, 5) is 43.3. The van der Waals surface area contributed by atoms with Crippen molar-refractivity contribution in [2.24, 2.45) is 0 Å². The smallest absolute Gasteiger partial charge is 0.256 e. The van der Waals surface area contributed by atoms with Gasteiger partial charge in [0.25, 0.3) is 5.91 Å². The zero-order chi connectivity index (χ0) is 21.4. The fraction of sp³-hybridized carbons (Fsp3) is 0.348. The molecule has 0 radical (unpaired) electrons. The van der Waals surface area contributed by atoms with Gasteiger partial charge in [-0.2, -0.15) is 0 Å². The zero-order valence-electron chi connectivity index (χ0n) is 17.6. The summed E-state index contributed by atoms with van der Waals surface area (Å²) in [5, 5.41) is 2.89. The summed E-state index contributed by atoms with van der Waals surface area (Å²) in [6.07, 6.45) is 4.36. The number of aromatic nitrogens is 1. The number of aromatic amines is 1. The fourth-order valence-corrected chi connectivity index (χ4v) is 4.27. The molecule has 0 aliphatic carbocycles. The summed E-state index contributed by atoms with van der Waals surface area (Å²) in [7, 11) is 0. The number of fused-ring (bicyclic) bond motifs is 1. The maximum atomic E-state index is 12.6. The van der Waals surface area contributed by atoms with Gasteiger partial charge in [-0.1, -0.05) is 6.07 Å². The molecule has 0 atom stereocenters. The van der Waals surface area contributed by atoms with Gasteiger partial charge in [-0.05, 0) is 35.4 Å². The number of hydrogen-bond acceptors (Lipinski definition) is 5. The Hall–Kier alpha value is -2.94. The molecule has 3 aliphatic rings. The van der Waals surface area contributed by atoms with Gasteiger partial charge in [-0.15, -0.1) is 12.4 Å². The van der Waals surface area contributed by atoms with Gasteiger partial charge in [0.05, 0.1) is 25.3 Å². The number of anilines is 1.